The van der Waals surface area contributed by atoms with Crippen LogP contribution in [0.1, 0.15) is 16.7 Å². The number of amides is 2. The van der Waals surface area contributed by atoms with Crippen molar-refractivity contribution in [2.24, 2.45) is 0 Å². The van der Waals surface area contributed by atoms with Crippen molar-refractivity contribution >= 4 is 50.6 Å². The fourth-order valence-corrected chi connectivity index (χ4v) is 4.82. The Labute approximate surface area is 231 Å². The Morgan fingerprint density at radius 3 is 2.39 bits per heavy atom. The fourth-order valence-electron chi connectivity index (χ4n) is 3.53. The number of ether oxygens (including phenoxy) is 3. The molecule has 0 atom stereocenters. The topological polar surface area (TPSA) is 108 Å². The van der Waals surface area contributed by atoms with Crippen molar-refractivity contribution in [3.63, 3.8) is 0 Å². The van der Waals surface area contributed by atoms with E-state index in [9.17, 15) is 19.7 Å². The second-order valence-electron chi connectivity index (χ2n) is 8.23. The summed E-state index contributed by atoms with van der Waals surface area (Å²) in [6.45, 7) is 2.47. The molecule has 1 aliphatic heterocycles. The average Bonchev–Trinajstić information content (AvgIpc) is 3.17. The molecule has 2 amide bonds. The van der Waals surface area contributed by atoms with Crippen molar-refractivity contribution in [1.82, 2.24) is 4.90 Å². The summed E-state index contributed by atoms with van der Waals surface area (Å²) in [4.78, 5) is 37.2. The molecule has 0 radical (unpaired) electrons. The van der Waals surface area contributed by atoms with Gasteiger partial charge in [0.25, 0.3) is 16.8 Å². The number of rotatable bonds is 10. The van der Waals surface area contributed by atoms with E-state index in [0.29, 0.717) is 27.3 Å². The summed E-state index contributed by atoms with van der Waals surface area (Å²) in [5.74, 6) is 1.14. The van der Waals surface area contributed by atoms with Gasteiger partial charge >= 0.3 is 0 Å². The van der Waals surface area contributed by atoms with E-state index in [2.05, 4.69) is 15.9 Å². The molecule has 3 aromatic rings. The van der Waals surface area contributed by atoms with Crippen LogP contribution in [0.25, 0.3) is 6.08 Å². The van der Waals surface area contributed by atoms with Gasteiger partial charge in [0.15, 0.2) is 11.5 Å². The first kappa shape index (κ1) is 27.2. The number of aryl methyl sites for hydroxylation is 1. The number of benzene rings is 3. The summed E-state index contributed by atoms with van der Waals surface area (Å²) in [5, 5.41) is 10.5. The smallest absolute Gasteiger partial charge is 0.293 e. The summed E-state index contributed by atoms with van der Waals surface area (Å²) < 4.78 is 17.6. The molecule has 0 aromatic heterocycles. The highest BCUT2D eigenvalue weighted by Crippen LogP contribution is 2.38. The van der Waals surface area contributed by atoms with E-state index in [0.717, 1.165) is 27.8 Å². The molecule has 11 heteroatoms. The number of hydrogen-bond acceptors (Lipinski definition) is 8. The van der Waals surface area contributed by atoms with Crippen LogP contribution < -0.4 is 14.2 Å². The predicted octanol–water partition coefficient (Wildman–Crippen LogP) is 6.37. The summed E-state index contributed by atoms with van der Waals surface area (Å²) >= 11 is 4.36. The molecule has 3 aromatic carbocycles. The van der Waals surface area contributed by atoms with Crippen LogP contribution in [-0.4, -0.2) is 41.2 Å². The second-order valence-corrected chi connectivity index (χ2v) is 10.1. The first-order chi connectivity index (χ1) is 18.2. The zero-order chi connectivity index (χ0) is 27.2. The van der Waals surface area contributed by atoms with Crippen LogP contribution in [0.4, 0.5) is 10.5 Å². The number of nitro benzene ring substituents is 1. The molecule has 4 rings (SSSR count). The Morgan fingerprint density at radius 2 is 1.74 bits per heavy atom. The first-order valence-corrected chi connectivity index (χ1v) is 13.0. The Hall–Kier alpha value is -3.83. The van der Waals surface area contributed by atoms with Gasteiger partial charge in [0.1, 0.15) is 19.0 Å². The van der Waals surface area contributed by atoms with Crippen LogP contribution in [-0.2, 0) is 11.4 Å². The van der Waals surface area contributed by atoms with Crippen molar-refractivity contribution in [1.29, 1.82) is 0 Å². The minimum atomic E-state index is -0.461. The number of thioether (sulfide) groups is 1. The lowest BCUT2D eigenvalue weighted by Gasteiger charge is -2.14. The molecular weight excluding hydrogens is 576 g/mol. The van der Waals surface area contributed by atoms with Crippen LogP contribution in [0.5, 0.6) is 17.2 Å². The maximum atomic E-state index is 12.9. The van der Waals surface area contributed by atoms with Gasteiger partial charge < -0.3 is 14.2 Å². The van der Waals surface area contributed by atoms with E-state index in [1.54, 1.807) is 30.3 Å². The molecule has 1 saturated heterocycles. The van der Waals surface area contributed by atoms with Gasteiger partial charge in [-0.05, 0) is 72.3 Å². The van der Waals surface area contributed by atoms with Gasteiger partial charge in [0, 0.05) is 16.6 Å². The summed E-state index contributed by atoms with van der Waals surface area (Å²) in [5.41, 5.74) is 2.49. The summed E-state index contributed by atoms with van der Waals surface area (Å²) in [7, 11) is 1.49. The van der Waals surface area contributed by atoms with E-state index in [1.165, 1.54) is 19.2 Å². The lowest BCUT2D eigenvalue weighted by molar-refractivity contribution is -0.384. The van der Waals surface area contributed by atoms with Crippen LogP contribution in [0, 0.1) is 17.0 Å². The zero-order valence-electron chi connectivity index (χ0n) is 20.5. The van der Waals surface area contributed by atoms with E-state index < -0.39 is 10.8 Å². The SMILES string of the molecule is COc1cc(/C=C2\SC(=O)N(CCOc3ccc(C)cc3)C2=O)c(Br)cc1OCc1ccc([N+](=O)[O-])cc1. The van der Waals surface area contributed by atoms with Crippen molar-refractivity contribution in [2.75, 3.05) is 20.3 Å². The van der Waals surface area contributed by atoms with Crippen molar-refractivity contribution in [3.8, 4) is 17.2 Å². The van der Waals surface area contributed by atoms with E-state index in [-0.39, 0.29) is 35.6 Å². The monoisotopic (exact) mass is 598 g/mol. The maximum Gasteiger partial charge on any atom is 0.293 e. The normalized spacial score (nSPS) is 14.2. The maximum absolute atomic E-state index is 12.9. The molecule has 9 nitrogen and oxygen atoms in total. The number of nitrogens with zero attached hydrogens (tertiary/aromatic N) is 2. The van der Waals surface area contributed by atoms with E-state index in [1.807, 2.05) is 31.2 Å². The zero-order valence-corrected chi connectivity index (χ0v) is 22.9. The molecule has 38 heavy (non-hydrogen) atoms. The Morgan fingerprint density at radius 1 is 1.03 bits per heavy atom. The average molecular weight is 599 g/mol. The van der Waals surface area contributed by atoms with Crippen molar-refractivity contribution in [2.45, 2.75) is 13.5 Å². The van der Waals surface area contributed by atoms with Crippen LogP contribution in [0.3, 0.4) is 0 Å². The standard InChI is InChI=1S/C27H23BrN2O7S/c1-17-3-9-21(10-4-17)36-12-11-29-26(31)25(38-27(29)32)14-19-13-23(35-2)24(15-22(19)28)37-16-18-5-7-20(8-6-18)30(33)34/h3-10,13-15H,11-12,16H2,1-2H3/b25-14-. The van der Waals surface area contributed by atoms with E-state index in [4.69, 9.17) is 14.2 Å². The first-order valence-electron chi connectivity index (χ1n) is 11.4. The molecular formula is C27H23BrN2O7S. The molecule has 0 saturated carbocycles. The van der Waals surface area contributed by atoms with Crippen LogP contribution in [0.2, 0.25) is 0 Å². The Bertz CT molecular complexity index is 1390. The molecule has 0 N–H and O–H groups in total. The van der Waals surface area contributed by atoms with Crippen LogP contribution in [0.15, 0.2) is 70.0 Å². The third-order valence-electron chi connectivity index (χ3n) is 5.59. The van der Waals surface area contributed by atoms with Gasteiger partial charge in [0.05, 0.1) is 23.5 Å². The number of non-ortho nitro benzene ring substituents is 1. The van der Waals surface area contributed by atoms with Crippen molar-refractivity contribution in [3.05, 3.63) is 96.8 Å². The Kier molecular flexibility index (Phi) is 8.70. The minimum absolute atomic E-state index is 0.00151. The predicted molar refractivity (Wildman–Crippen MR) is 147 cm³/mol. The van der Waals surface area contributed by atoms with Crippen LogP contribution >= 0.6 is 27.7 Å². The number of hydrogen-bond donors (Lipinski definition) is 0. The summed E-state index contributed by atoms with van der Waals surface area (Å²) in [6.07, 6.45) is 1.62. The highest BCUT2D eigenvalue weighted by atomic mass is 79.9. The minimum Gasteiger partial charge on any atom is -0.493 e. The molecule has 0 spiro atoms. The van der Waals surface area contributed by atoms with Gasteiger partial charge in [-0.2, -0.15) is 0 Å². The molecule has 0 bridgehead atoms. The molecule has 0 unspecified atom stereocenters. The Balaban J connectivity index is 1.42. The van der Waals surface area contributed by atoms with Gasteiger partial charge in [0.2, 0.25) is 0 Å². The molecule has 0 aliphatic carbocycles. The lowest BCUT2D eigenvalue weighted by Crippen LogP contribution is -2.32. The second kappa shape index (κ2) is 12.1. The summed E-state index contributed by atoms with van der Waals surface area (Å²) in [6, 6.07) is 17.0. The highest BCUT2D eigenvalue weighted by molar-refractivity contribution is 9.10. The largest absolute Gasteiger partial charge is 0.493 e. The number of methoxy groups -OCH3 is 1. The third-order valence-corrected chi connectivity index (χ3v) is 7.18. The number of halogens is 1. The van der Waals surface area contributed by atoms with Gasteiger partial charge in [-0.15, -0.1) is 0 Å². The molecule has 1 heterocycles. The molecule has 1 fully saturated rings. The number of nitro groups is 1. The van der Waals surface area contributed by atoms with E-state index >= 15 is 0 Å². The molecule has 196 valence electrons. The van der Waals surface area contributed by atoms with Gasteiger partial charge in [-0.1, -0.05) is 33.6 Å². The number of carbonyl (C=O) groups excluding carboxylic acids is 2. The van der Waals surface area contributed by atoms with Gasteiger partial charge in [-0.3, -0.25) is 24.6 Å². The highest BCUT2D eigenvalue weighted by Gasteiger charge is 2.35. The quantitative estimate of drug-likeness (QED) is 0.150. The molecule has 1 aliphatic rings. The fraction of sp³-hybridized carbons (Fsp3) is 0.185. The van der Waals surface area contributed by atoms with Crippen molar-refractivity contribution < 1.29 is 28.7 Å². The number of carbonyl (C=O) groups is 2. The lowest BCUT2D eigenvalue weighted by atomic mass is 10.1. The van der Waals surface area contributed by atoms with Gasteiger partial charge in [-0.25, -0.2) is 0 Å². The number of imide groups is 1. The third kappa shape index (κ3) is 6.53.